The van der Waals surface area contributed by atoms with Gasteiger partial charge in [-0.2, -0.15) is 4.98 Å². The molecule has 106 valence electrons. The number of aromatic nitrogens is 2. The van der Waals surface area contributed by atoms with Gasteiger partial charge < -0.3 is 15.0 Å². The number of methoxy groups -OCH3 is 1. The summed E-state index contributed by atoms with van der Waals surface area (Å²) in [6, 6.07) is 9.82. The Hall–Kier alpha value is -2.30. The summed E-state index contributed by atoms with van der Waals surface area (Å²) in [5, 5.41) is 3.14. The fraction of sp³-hybridized carbons (Fsp3) is 0.333. The molecule has 0 fully saturated rings. The molecule has 1 aromatic heterocycles. The van der Waals surface area contributed by atoms with Gasteiger partial charge >= 0.3 is 0 Å². The molecular formula is C15H20N4O. The summed E-state index contributed by atoms with van der Waals surface area (Å²) in [6.45, 7) is 4.78. The Morgan fingerprint density at radius 1 is 1.25 bits per heavy atom. The molecule has 0 saturated heterocycles. The first-order valence-corrected chi connectivity index (χ1v) is 6.62. The Bertz CT molecular complexity index is 586. The lowest BCUT2D eigenvalue weighted by molar-refractivity contribution is 0.415. The van der Waals surface area contributed by atoms with Gasteiger partial charge in [0.25, 0.3) is 0 Å². The van der Waals surface area contributed by atoms with Crippen molar-refractivity contribution in [1.82, 2.24) is 9.97 Å². The van der Waals surface area contributed by atoms with Gasteiger partial charge in [0.1, 0.15) is 11.6 Å². The summed E-state index contributed by atoms with van der Waals surface area (Å²) in [6.07, 6.45) is 0. The fourth-order valence-corrected chi connectivity index (χ4v) is 1.99. The van der Waals surface area contributed by atoms with Crippen LogP contribution in [0.4, 0.5) is 17.5 Å². The van der Waals surface area contributed by atoms with Gasteiger partial charge in [0, 0.05) is 25.4 Å². The number of nitrogens with zero attached hydrogens (tertiary/aromatic N) is 3. The maximum atomic E-state index is 5.40. The molecule has 1 N–H and O–H groups in total. The predicted octanol–water partition coefficient (Wildman–Crippen LogP) is 2.99. The Kier molecular flexibility index (Phi) is 4.40. The van der Waals surface area contributed by atoms with Gasteiger partial charge in [-0.05, 0) is 26.0 Å². The summed E-state index contributed by atoms with van der Waals surface area (Å²) in [5.41, 5.74) is 1.89. The summed E-state index contributed by atoms with van der Waals surface area (Å²) in [7, 11) is 3.64. The number of nitrogens with one attached hydrogen (secondary N) is 1. The van der Waals surface area contributed by atoms with Crippen LogP contribution < -0.4 is 15.0 Å². The third-order valence-corrected chi connectivity index (χ3v) is 2.97. The van der Waals surface area contributed by atoms with E-state index < -0.39 is 0 Å². The average Bonchev–Trinajstić information content (AvgIpc) is 2.46. The van der Waals surface area contributed by atoms with E-state index in [1.165, 1.54) is 0 Å². The zero-order valence-electron chi connectivity index (χ0n) is 12.3. The lowest BCUT2D eigenvalue weighted by Gasteiger charge is -2.21. The number of benzene rings is 1. The van der Waals surface area contributed by atoms with Gasteiger partial charge in [0.15, 0.2) is 0 Å². The summed E-state index contributed by atoms with van der Waals surface area (Å²) in [5.74, 6) is 2.29. The van der Waals surface area contributed by atoms with Crippen molar-refractivity contribution < 1.29 is 4.74 Å². The van der Waals surface area contributed by atoms with Crippen LogP contribution in [0.2, 0.25) is 0 Å². The Morgan fingerprint density at radius 3 is 2.70 bits per heavy atom. The van der Waals surface area contributed by atoms with E-state index in [0.717, 1.165) is 29.5 Å². The molecular weight excluding hydrogens is 252 g/mol. The largest absolute Gasteiger partial charge is 0.495 e. The van der Waals surface area contributed by atoms with E-state index >= 15 is 0 Å². The fourth-order valence-electron chi connectivity index (χ4n) is 1.99. The quantitative estimate of drug-likeness (QED) is 0.906. The van der Waals surface area contributed by atoms with Crippen molar-refractivity contribution in [3.63, 3.8) is 0 Å². The number of hydrogen-bond donors (Lipinski definition) is 1. The van der Waals surface area contributed by atoms with Crippen LogP contribution in [-0.2, 0) is 0 Å². The summed E-state index contributed by atoms with van der Waals surface area (Å²) in [4.78, 5) is 10.9. The molecule has 0 aliphatic carbocycles. The zero-order chi connectivity index (χ0) is 14.5. The molecule has 0 atom stereocenters. The van der Waals surface area contributed by atoms with Crippen LogP contribution in [0.25, 0.3) is 0 Å². The van der Waals surface area contributed by atoms with E-state index in [2.05, 4.69) is 15.3 Å². The minimum atomic E-state index is 0.643. The van der Waals surface area contributed by atoms with E-state index in [-0.39, 0.29) is 0 Å². The highest BCUT2D eigenvalue weighted by atomic mass is 16.5. The normalized spacial score (nSPS) is 10.2. The average molecular weight is 272 g/mol. The summed E-state index contributed by atoms with van der Waals surface area (Å²) < 4.78 is 5.40. The van der Waals surface area contributed by atoms with Crippen LogP contribution in [0.3, 0.4) is 0 Å². The lowest BCUT2D eigenvalue weighted by Crippen LogP contribution is -2.14. The number of anilines is 3. The van der Waals surface area contributed by atoms with E-state index in [4.69, 9.17) is 4.74 Å². The highest BCUT2D eigenvalue weighted by molar-refractivity contribution is 5.67. The molecule has 20 heavy (non-hydrogen) atoms. The molecule has 5 heteroatoms. The molecule has 0 spiro atoms. The molecule has 1 aromatic carbocycles. The maximum Gasteiger partial charge on any atom is 0.224 e. The third-order valence-electron chi connectivity index (χ3n) is 2.97. The third kappa shape index (κ3) is 2.99. The second-order valence-electron chi connectivity index (χ2n) is 4.45. The monoisotopic (exact) mass is 272 g/mol. The van der Waals surface area contributed by atoms with Gasteiger partial charge in [-0.1, -0.05) is 12.1 Å². The highest BCUT2D eigenvalue weighted by Crippen LogP contribution is 2.31. The van der Waals surface area contributed by atoms with Gasteiger partial charge in [0.2, 0.25) is 5.95 Å². The molecule has 0 aliphatic heterocycles. The van der Waals surface area contributed by atoms with Crippen molar-refractivity contribution >= 4 is 17.5 Å². The topological polar surface area (TPSA) is 50.3 Å². The molecule has 1 heterocycles. The molecule has 0 radical (unpaired) electrons. The molecule has 0 bridgehead atoms. The van der Waals surface area contributed by atoms with Crippen molar-refractivity contribution in [3.8, 4) is 5.75 Å². The molecule has 0 amide bonds. The molecule has 2 aromatic rings. The van der Waals surface area contributed by atoms with Crippen molar-refractivity contribution in [3.05, 3.63) is 36.0 Å². The minimum absolute atomic E-state index is 0.643. The number of aryl methyl sites for hydroxylation is 1. The van der Waals surface area contributed by atoms with Crippen LogP contribution in [-0.4, -0.2) is 30.7 Å². The highest BCUT2D eigenvalue weighted by Gasteiger charge is 2.12. The first-order chi connectivity index (χ1) is 9.65. The van der Waals surface area contributed by atoms with Crippen molar-refractivity contribution in [2.75, 3.05) is 30.9 Å². The molecule has 2 rings (SSSR count). The molecule has 0 unspecified atom stereocenters. The van der Waals surface area contributed by atoms with Crippen molar-refractivity contribution in [1.29, 1.82) is 0 Å². The number of rotatable bonds is 5. The van der Waals surface area contributed by atoms with Crippen molar-refractivity contribution in [2.24, 2.45) is 0 Å². The van der Waals surface area contributed by atoms with Crippen LogP contribution in [0.1, 0.15) is 12.6 Å². The second kappa shape index (κ2) is 6.23. The first-order valence-electron chi connectivity index (χ1n) is 6.62. The van der Waals surface area contributed by atoms with Crippen LogP contribution in [0, 0.1) is 6.92 Å². The number of para-hydroxylation sites is 2. The summed E-state index contributed by atoms with van der Waals surface area (Å²) >= 11 is 0. The van der Waals surface area contributed by atoms with Gasteiger partial charge in [0.05, 0.1) is 12.8 Å². The Morgan fingerprint density at radius 2 is 2.00 bits per heavy atom. The molecule has 0 saturated carbocycles. The van der Waals surface area contributed by atoms with E-state index in [1.807, 2.05) is 56.1 Å². The second-order valence-corrected chi connectivity index (χ2v) is 4.45. The van der Waals surface area contributed by atoms with Gasteiger partial charge in [-0.15, -0.1) is 0 Å². The predicted molar refractivity (Wildman–Crippen MR) is 82.0 cm³/mol. The van der Waals surface area contributed by atoms with Crippen LogP contribution >= 0.6 is 0 Å². The van der Waals surface area contributed by atoms with Crippen molar-refractivity contribution in [2.45, 2.75) is 13.8 Å². The zero-order valence-corrected chi connectivity index (χ0v) is 12.3. The number of ether oxygens (including phenoxy) is 1. The minimum Gasteiger partial charge on any atom is -0.495 e. The van der Waals surface area contributed by atoms with Gasteiger partial charge in [-0.3, -0.25) is 0 Å². The smallest absolute Gasteiger partial charge is 0.224 e. The standard InChI is InChI=1S/C15H20N4O/c1-5-16-15-17-11(2)10-14(18-15)19(3)12-8-6-7-9-13(12)20-4/h6-10H,5H2,1-4H3,(H,16,17,18). The maximum absolute atomic E-state index is 5.40. The van der Waals surface area contributed by atoms with Crippen LogP contribution in [0.15, 0.2) is 30.3 Å². The first kappa shape index (κ1) is 14.1. The Labute approximate surface area is 119 Å². The number of hydrogen-bond acceptors (Lipinski definition) is 5. The molecule has 0 aliphatic rings. The van der Waals surface area contributed by atoms with E-state index in [1.54, 1.807) is 7.11 Å². The van der Waals surface area contributed by atoms with Gasteiger partial charge in [-0.25, -0.2) is 4.98 Å². The Balaban J connectivity index is 2.39. The SMILES string of the molecule is CCNc1nc(C)cc(N(C)c2ccccc2OC)n1. The lowest BCUT2D eigenvalue weighted by atomic mass is 10.2. The van der Waals surface area contributed by atoms with E-state index in [9.17, 15) is 0 Å². The van der Waals surface area contributed by atoms with E-state index in [0.29, 0.717) is 5.95 Å². The van der Waals surface area contributed by atoms with Crippen LogP contribution in [0.5, 0.6) is 5.75 Å². The molecule has 5 nitrogen and oxygen atoms in total.